The van der Waals surface area contributed by atoms with E-state index in [1.54, 1.807) is 12.1 Å². The second kappa shape index (κ2) is 6.01. The molecule has 0 heterocycles. The van der Waals surface area contributed by atoms with Gasteiger partial charge in [0.25, 0.3) is 0 Å². The molecule has 0 unspecified atom stereocenters. The molecule has 0 spiro atoms. The quantitative estimate of drug-likeness (QED) is 0.442. The summed E-state index contributed by atoms with van der Waals surface area (Å²) in [7, 11) is 0. The molecule has 4 heteroatoms. The van der Waals surface area contributed by atoms with Crippen LogP contribution in [-0.2, 0) is 0 Å². The molecule has 0 amide bonds. The lowest BCUT2D eigenvalue weighted by atomic mass is 10.2. The van der Waals surface area contributed by atoms with Crippen molar-refractivity contribution in [3.63, 3.8) is 0 Å². The summed E-state index contributed by atoms with van der Waals surface area (Å²) in [6.07, 6.45) is 3.37. The first-order valence-corrected chi connectivity index (χ1v) is 5.20. The maximum absolute atomic E-state index is 9.46. The van der Waals surface area contributed by atoms with Crippen LogP contribution in [0.1, 0.15) is 26.2 Å². The number of anilines is 1. The summed E-state index contributed by atoms with van der Waals surface area (Å²) in [5.74, 6) is 0.0780. The highest BCUT2D eigenvalue weighted by molar-refractivity contribution is 5.57. The van der Waals surface area contributed by atoms with Gasteiger partial charge in [-0.25, -0.2) is 0 Å². The Balaban J connectivity index is 2.49. The molecule has 0 bridgehead atoms. The highest BCUT2D eigenvalue weighted by atomic mass is 16.3. The summed E-state index contributed by atoms with van der Waals surface area (Å²) in [6, 6.07) is 4.83. The Morgan fingerprint density at radius 1 is 1.33 bits per heavy atom. The Bertz CT molecular complexity index is 337. The van der Waals surface area contributed by atoms with Gasteiger partial charge in [0.15, 0.2) is 0 Å². The molecule has 0 fully saturated rings. The van der Waals surface area contributed by atoms with Gasteiger partial charge in [0.1, 0.15) is 11.4 Å². The van der Waals surface area contributed by atoms with E-state index in [9.17, 15) is 5.11 Å². The third-order valence-corrected chi connectivity index (χ3v) is 2.04. The van der Waals surface area contributed by atoms with E-state index < -0.39 is 0 Å². The molecular formula is C11H17N3O. The molecule has 3 N–H and O–H groups in total. The first-order valence-electron chi connectivity index (χ1n) is 5.20. The first kappa shape index (κ1) is 11.5. The average Bonchev–Trinajstić information content (AvgIpc) is 2.20. The Hall–Kier alpha value is -1.58. The van der Waals surface area contributed by atoms with Crippen LogP contribution in [0.25, 0.3) is 0 Å². The van der Waals surface area contributed by atoms with Crippen molar-refractivity contribution >= 4 is 11.4 Å². The van der Waals surface area contributed by atoms with Crippen molar-refractivity contribution in [2.75, 3.05) is 12.3 Å². The minimum absolute atomic E-state index is 0.0780. The summed E-state index contributed by atoms with van der Waals surface area (Å²) < 4.78 is 0. The molecular weight excluding hydrogens is 190 g/mol. The fraction of sp³-hybridized carbons (Fsp3) is 0.455. The molecule has 0 aromatic heterocycles. The second-order valence-electron chi connectivity index (χ2n) is 3.42. The third-order valence-electron chi connectivity index (χ3n) is 2.04. The Morgan fingerprint density at radius 3 is 2.80 bits per heavy atom. The van der Waals surface area contributed by atoms with Crippen LogP contribution in [0.5, 0.6) is 5.75 Å². The van der Waals surface area contributed by atoms with Gasteiger partial charge < -0.3 is 10.8 Å². The number of nitrogens with zero attached hydrogens (tertiary/aromatic N) is 2. The molecule has 1 rings (SSSR count). The minimum atomic E-state index is 0.0780. The monoisotopic (exact) mass is 207 g/mol. The van der Waals surface area contributed by atoms with E-state index in [1.165, 1.54) is 12.5 Å². The minimum Gasteiger partial charge on any atom is -0.506 e. The molecule has 82 valence electrons. The predicted octanol–water partition coefficient (Wildman–Crippen LogP) is 3.25. The number of hydrogen-bond acceptors (Lipinski definition) is 4. The van der Waals surface area contributed by atoms with Crippen molar-refractivity contribution in [3.8, 4) is 5.75 Å². The Labute approximate surface area is 89.8 Å². The zero-order chi connectivity index (χ0) is 11.1. The van der Waals surface area contributed by atoms with E-state index in [0.29, 0.717) is 17.9 Å². The largest absolute Gasteiger partial charge is 0.506 e. The number of benzene rings is 1. The van der Waals surface area contributed by atoms with Crippen molar-refractivity contribution in [1.82, 2.24) is 0 Å². The lowest BCUT2D eigenvalue weighted by molar-refractivity contribution is 0.476. The molecule has 1 aromatic carbocycles. The van der Waals surface area contributed by atoms with E-state index in [0.717, 1.165) is 12.8 Å². The summed E-state index contributed by atoms with van der Waals surface area (Å²) in [6.45, 7) is 2.85. The fourth-order valence-corrected chi connectivity index (χ4v) is 1.18. The predicted molar refractivity (Wildman–Crippen MR) is 61.4 cm³/mol. The third kappa shape index (κ3) is 3.97. The van der Waals surface area contributed by atoms with Crippen molar-refractivity contribution in [2.24, 2.45) is 10.2 Å². The van der Waals surface area contributed by atoms with E-state index in [-0.39, 0.29) is 5.75 Å². The number of phenolic OH excluding ortho intramolecular Hbond substituents is 1. The molecule has 4 nitrogen and oxygen atoms in total. The number of azo groups is 1. The molecule has 0 radical (unpaired) electrons. The molecule has 0 saturated heterocycles. The van der Waals surface area contributed by atoms with Crippen molar-refractivity contribution in [2.45, 2.75) is 26.2 Å². The summed E-state index contributed by atoms with van der Waals surface area (Å²) in [5, 5.41) is 17.4. The van der Waals surface area contributed by atoms with Crippen LogP contribution in [0.3, 0.4) is 0 Å². The van der Waals surface area contributed by atoms with Gasteiger partial charge in [-0.15, -0.1) is 0 Å². The number of phenols is 1. The number of aromatic hydroxyl groups is 1. The van der Waals surface area contributed by atoms with Crippen LogP contribution >= 0.6 is 0 Å². The lowest BCUT2D eigenvalue weighted by Crippen LogP contribution is -1.82. The smallest absolute Gasteiger partial charge is 0.145 e. The Morgan fingerprint density at radius 2 is 2.13 bits per heavy atom. The zero-order valence-electron chi connectivity index (χ0n) is 8.98. The average molecular weight is 207 g/mol. The van der Waals surface area contributed by atoms with Crippen LogP contribution in [0.4, 0.5) is 11.4 Å². The van der Waals surface area contributed by atoms with Crippen molar-refractivity contribution in [3.05, 3.63) is 18.2 Å². The SMILES string of the molecule is CCCCCN=Nc1ccc(N)cc1O. The fourth-order valence-electron chi connectivity index (χ4n) is 1.18. The summed E-state index contributed by atoms with van der Waals surface area (Å²) in [5.41, 5.74) is 6.49. The van der Waals surface area contributed by atoms with Gasteiger partial charge in [-0.2, -0.15) is 10.2 Å². The maximum Gasteiger partial charge on any atom is 0.145 e. The van der Waals surface area contributed by atoms with Gasteiger partial charge in [-0.3, -0.25) is 0 Å². The van der Waals surface area contributed by atoms with Gasteiger partial charge in [0.05, 0.1) is 6.54 Å². The summed E-state index contributed by atoms with van der Waals surface area (Å²) >= 11 is 0. The number of rotatable bonds is 5. The molecule has 15 heavy (non-hydrogen) atoms. The van der Waals surface area contributed by atoms with Crippen LogP contribution in [0.2, 0.25) is 0 Å². The van der Waals surface area contributed by atoms with Crippen LogP contribution in [0.15, 0.2) is 28.4 Å². The van der Waals surface area contributed by atoms with Crippen molar-refractivity contribution < 1.29 is 5.11 Å². The van der Waals surface area contributed by atoms with Crippen molar-refractivity contribution in [1.29, 1.82) is 0 Å². The normalized spacial score (nSPS) is 11.0. The molecule has 0 aliphatic rings. The number of hydrogen-bond donors (Lipinski definition) is 2. The van der Waals surface area contributed by atoms with Gasteiger partial charge in [0.2, 0.25) is 0 Å². The molecule has 0 saturated carbocycles. The van der Waals surface area contributed by atoms with Crippen LogP contribution in [-0.4, -0.2) is 11.7 Å². The standard InChI is InChI=1S/C11H17N3O/c1-2-3-4-7-13-14-10-6-5-9(12)8-11(10)15/h5-6,8,15H,2-4,7,12H2,1H3. The van der Waals surface area contributed by atoms with Gasteiger partial charge in [-0.1, -0.05) is 19.8 Å². The maximum atomic E-state index is 9.46. The number of unbranched alkanes of at least 4 members (excludes halogenated alkanes) is 2. The van der Waals surface area contributed by atoms with Crippen LogP contribution < -0.4 is 5.73 Å². The van der Waals surface area contributed by atoms with E-state index >= 15 is 0 Å². The van der Waals surface area contributed by atoms with E-state index in [2.05, 4.69) is 17.2 Å². The molecule has 0 atom stereocenters. The highest BCUT2D eigenvalue weighted by Crippen LogP contribution is 2.28. The van der Waals surface area contributed by atoms with Gasteiger partial charge in [0, 0.05) is 11.8 Å². The number of nitrogens with two attached hydrogens (primary N) is 1. The van der Waals surface area contributed by atoms with Gasteiger partial charge in [-0.05, 0) is 18.6 Å². The Kier molecular flexibility index (Phi) is 4.60. The first-order chi connectivity index (χ1) is 7.24. The van der Waals surface area contributed by atoms with E-state index in [4.69, 9.17) is 5.73 Å². The molecule has 1 aromatic rings. The second-order valence-corrected chi connectivity index (χ2v) is 3.42. The van der Waals surface area contributed by atoms with Gasteiger partial charge >= 0.3 is 0 Å². The molecule has 0 aliphatic heterocycles. The number of nitrogen functional groups attached to an aromatic ring is 1. The topological polar surface area (TPSA) is 71.0 Å². The van der Waals surface area contributed by atoms with E-state index in [1.807, 2.05) is 0 Å². The lowest BCUT2D eigenvalue weighted by Gasteiger charge is -1.98. The molecule has 0 aliphatic carbocycles. The summed E-state index contributed by atoms with van der Waals surface area (Å²) in [4.78, 5) is 0. The highest BCUT2D eigenvalue weighted by Gasteiger charge is 1.98. The zero-order valence-corrected chi connectivity index (χ0v) is 8.98. The van der Waals surface area contributed by atoms with Crippen LogP contribution in [0, 0.1) is 0 Å².